The predicted molar refractivity (Wildman–Crippen MR) is 67.4 cm³/mol. The van der Waals surface area contributed by atoms with E-state index in [0.29, 0.717) is 0 Å². The Morgan fingerprint density at radius 3 is 1.93 bits per heavy atom. The van der Waals surface area contributed by atoms with Gasteiger partial charge < -0.3 is 15.5 Å². The third kappa shape index (κ3) is 5.62. The Balaban J connectivity index is 4.30. The van der Waals surface area contributed by atoms with Gasteiger partial charge in [-0.3, -0.25) is 4.99 Å². The molecule has 0 aliphatic carbocycles. The smallest absolute Gasteiger partial charge is 0.191 e. The van der Waals surface area contributed by atoms with E-state index in [1.807, 2.05) is 0 Å². The average molecular weight is 214 g/mol. The van der Waals surface area contributed by atoms with Gasteiger partial charge in [0.25, 0.3) is 0 Å². The Bertz CT molecular complexity index is 189. The lowest BCUT2D eigenvalue weighted by Gasteiger charge is -2.31. The zero-order chi connectivity index (χ0) is 11.9. The quantitative estimate of drug-likeness (QED) is 0.528. The summed E-state index contributed by atoms with van der Waals surface area (Å²) in [5.74, 6) is 0.898. The molecule has 0 bridgehead atoms. The summed E-state index contributed by atoms with van der Waals surface area (Å²) < 4.78 is 0. The van der Waals surface area contributed by atoms with E-state index in [1.165, 1.54) is 0 Å². The largest absolute Gasteiger partial charge is 0.357 e. The van der Waals surface area contributed by atoms with Crippen LogP contribution in [0.5, 0.6) is 0 Å². The summed E-state index contributed by atoms with van der Waals surface area (Å²) in [6.07, 6.45) is 0. The lowest BCUT2D eigenvalue weighted by Crippen LogP contribution is -2.43. The molecule has 15 heavy (non-hydrogen) atoms. The second-order valence-corrected chi connectivity index (χ2v) is 4.43. The van der Waals surface area contributed by atoms with Gasteiger partial charge in [-0.15, -0.1) is 0 Å². The fourth-order valence-corrected chi connectivity index (χ4v) is 0.923. The van der Waals surface area contributed by atoms with E-state index in [4.69, 9.17) is 0 Å². The molecule has 0 saturated carbocycles. The van der Waals surface area contributed by atoms with Gasteiger partial charge in [0.05, 0.1) is 6.54 Å². The first-order valence-electron chi connectivity index (χ1n) is 5.63. The van der Waals surface area contributed by atoms with Gasteiger partial charge in [0.15, 0.2) is 5.96 Å². The molecule has 0 amide bonds. The molecule has 0 heterocycles. The van der Waals surface area contributed by atoms with E-state index in [1.54, 1.807) is 0 Å². The van der Waals surface area contributed by atoms with Crippen LogP contribution < -0.4 is 10.6 Å². The van der Waals surface area contributed by atoms with Crippen LogP contribution in [0, 0.1) is 0 Å². The van der Waals surface area contributed by atoms with E-state index < -0.39 is 0 Å². The molecule has 0 spiro atoms. The minimum Gasteiger partial charge on any atom is -0.357 e. The molecule has 0 unspecified atom stereocenters. The molecular formula is C11H26N4. The van der Waals surface area contributed by atoms with Crippen LogP contribution in [0.15, 0.2) is 4.99 Å². The summed E-state index contributed by atoms with van der Waals surface area (Å²) >= 11 is 0. The van der Waals surface area contributed by atoms with Crippen molar-refractivity contribution in [3.63, 3.8) is 0 Å². The second-order valence-electron chi connectivity index (χ2n) is 4.43. The molecule has 4 heteroatoms. The van der Waals surface area contributed by atoms with Crippen LogP contribution in [-0.4, -0.2) is 50.1 Å². The summed E-state index contributed by atoms with van der Waals surface area (Å²) in [4.78, 5) is 6.74. The molecule has 0 aromatic heterocycles. The number of aliphatic imine (C=N–C) groups is 1. The fourth-order valence-electron chi connectivity index (χ4n) is 0.923. The minimum absolute atomic E-state index is 0.0933. The Labute approximate surface area is 94.1 Å². The van der Waals surface area contributed by atoms with Crippen LogP contribution in [0.1, 0.15) is 27.7 Å². The summed E-state index contributed by atoms with van der Waals surface area (Å²) in [5, 5.41) is 6.43. The number of guanidine groups is 1. The summed E-state index contributed by atoms with van der Waals surface area (Å²) in [6.45, 7) is 11.1. The molecule has 0 radical (unpaired) electrons. The molecule has 0 aliphatic rings. The maximum absolute atomic E-state index is 4.55. The second kappa shape index (κ2) is 6.67. The monoisotopic (exact) mass is 214 g/mol. The van der Waals surface area contributed by atoms with Gasteiger partial charge >= 0.3 is 0 Å². The van der Waals surface area contributed by atoms with Crippen molar-refractivity contribution in [2.24, 2.45) is 4.99 Å². The van der Waals surface area contributed by atoms with Crippen molar-refractivity contribution in [3.8, 4) is 0 Å². The van der Waals surface area contributed by atoms with Crippen molar-refractivity contribution in [3.05, 3.63) is 0 Å². The first kappa shape index (κ1) is 14.2. The number of rotatable bonds is 5. The van der Waals surface area contributed by atoms with Gasteiger partial charge in [-0.2, -0.15) is 0 Å². The highest BCUT2D eigenvalue weighted by Crippen LogP contribution is 2.09. The van der Waals surface area contributed by atoms with Crippen LogP contribution in [0.4, 0.5) is 0 Å². The normalized spacial score (nSPS) is 11.4. The molecule has 0 aromatic carbocycles. The van der Waals surface area contributed by atoms with E-state index in [9.17, 15) is 0 Å². The molecule has 90 valence electrons. The lowest BCUT2D eigenvalue weighted by atomic mass is 10.1. The zero-order valence-electron chi connectivity index (χ0n) is 11.0. The van der Waals surface area contributed by atoms with E-state index in [2.05, 4.69) is 62.3 Å². The average Bonchev–Trinajstić information content (AvgIpc) is 2.15. The van der Waals surface area contributed by atoms with Crippen LogP contribution >= 0.6 is 0 Å². The fraction of sp³-hybridized carbons (Fsp3) is 0.909. The van der Waals surface area contributed by atoms with Crippen LogP contribution in [0.3, 0.4) is 0 Å². The van der Waals surface area contributed by atoms with Gasteiger partial charge in [-0.1, -0.05) is 0 Å². The molecule has 0 aromatic rings. The predicted octanol–water partition coefficient (Wildman–Crippen LogP) is 0.902. The molecular weight excluding hydrogens is 188 g/mol. The Morgan fingerprint density at radius 2 is 1.60 bits per heavy atom. The van der Waals surface area contributed by atoms with Gasteiger partial charge in [0.1, 0.15) is 0 Å². The van der Waals surface area contributed by atoms with Gasteiger partial charge in [0.2, 0.25) is 0 Å². The third-order valence-electron chi connectivity index (χ3n) is 2.52. The molecule has 4 nitrogen and oxygen atoms in total. The Hall–Kier alpha value is -0.770. The molecule has 2 N–H and O–H groups in total. The number of likely N-dealkylation sites (N-methyl/N-ethyl adjacent to an activating group) is 1. The SMILES string of the molecule is CCNC(=NCC(C)(C)N(C)C)NCC. The summed E-state index contributed by atoms with van der Waals surface area (Å²) in [5.41, 5.74) is 0.0933. The Morgan fingerprint density at radius 1 is 1.13 bits per heavy atom. The summed E-state index contributed by atoms with van der Waals surface area (Å²) in [6, 6.07) is 0. The van der Waals surface area contributed by atoms with Crippen LogP contribution in [0.2, 0.25) is 0 Å². The molecule has 0 saturated heterocycles. The Kier molecular flexibility index (Phi) is 6.32. The van der Waals surface area contributed by atoms with Gasteiger partial charge in [-0.05, 0) is 41.8 Å². The first-order chi connectivity index (χ1) is 6.94. The maximum atomic E-state index is 4.55. The van der Waals surface area contributed by atoms with Crippen molar-refractivity contribution < 1.29 is 0 Å². The highest BCUT2D eigenvalue weighted by Gasteiger charge is 2.19. The highest BCUT2D eigenvalue weighted by atomic mass is 15.2. The van der Waals surface area contributed by atoms with Crippen molar-refractivity contribution in [1.82, 2.24) is 15.5 Å². The minimum atomic E-state index is 0.0933. The van der Waals surface area contributed by atoms with Crippen LogP contribution in [0.25, 0.3) is 0 Å². The molecule has 0 atom stereocenters. The molecule has 0 aliphatic heterocycles. The first-order valence-corrected chi connectivity index (χ1v) is 5.63. The van der Waals surface area contributed by atoms with Crippen LogP contribution in [-0.2, 0) is 0 Å². The van der Waals surface area contributed by atoms with E-state index in [-0.39, 0.29) is 5.54 Å². The number of nitrogens with zero attached hydrogens (tertiary/aromatic N) is 2. The van der Waals surface area contributed by atoms with Gasteiger partial charge in [-0.25, -0.2) is 0 Å². The zero-order valence-corrected chi connectivity index (χ0v) is 11.0. The highest BCUT2D eigenvalue weighted by molar-refractivity contribution is 5.79. The number of hydrogen-bond acceptors (Lipinski definition) is 2. The maximum Gasteiger partial charge on any atom is 0.191 e. The van der Waals surface area contributed by atoms with E-state index >= 15 is 0 Å². The number of nitrogens with one attached hydrogen (secondary N) is 2. The molecule has 0 rings (SSSR count). The van der Waals surface area contributed by atoms with Gasteiger partial charge in [0, 0.05) is 18.6 Å². The summed E-state index contributed by atoms with van der Waals surface area (Å²) in [7, 11) is 4.16. The van der Waals surface area contributed by atoms with E-state index in [0.717, 1.165) is 25.6 Å². The standard InChI is InChI=1S/C11H26N4/c1-7-12-10(13-8-2)14-9-11(3,4)15(5)6/h7-9H2,1-6H3,(H2,12,13,14). The van der Waals surface area contributed by atoms with Crippen molar-refractivity contribution >= 4 is 5.96 Å². The lowest BCUT2D eigenvalue weighted by molar-refractivity contribution is 0.204. The van der Waals surface area contributed by atoms with Crippen molar-refractivity contribution in [2.75, 3.05) is 33.7 Å². The van der Waals surface area contributed by atoms with Crippen molar-refractivity contribution in [2.45, 2.75) is 33.2 Å². The molecule has 0 fully saturated rings. The topological polar surface area (TPSA) is 39.7 Å². The third-order valence-corrected chi connectivity index (χ3v) is 2.52. The van der Waals surface area contributed by atoms with Crippen molar-refractivity contribution in [1.29, 1.82) is 0 Å². The number of hydrogen-bond donors (Lipinski definition) is 2.